The van der Waals surface area contributed by atoms with Crippen LogP contribution in [0, 0.1) is 35.3 Å². The number of nitrogens with one attached hydrogen (secondary N) is 1. The number of anilines is 1. The number of hydrogen-bond donors (Lipinski definition) is 1. The predicted octanol–water partition coefficient (Wildman–Crippen LogP) is 6.11. The SMILES string of the molecule is COc1cc(/C=C(/C#N)C(=O)Nc2ccc(C)cc2C)cc(Br)c1OCc1ccc([N+](=O)[O-])cc1. The molecule has 1 amide bonds. The van der Waals surface area contributed by atoms with Gasteiger partial charge in [0, 0.05) is 17.8 Å². The minimum Gasteiger partial charge on any atom is -0.493 e. The lowest BCUT2D eigenvalue weighted by molar-refractivity contribution is -0.384. The number of carbonyl (C=O) groups is 1. The Hall–Kier alpha value is -4.16. The molecule has 9 heteroatoms. The number of benzene rings is 3. The van der Waals surface area contributed by atoms with Crippen molar-refractivity contribution in [3.63, 3.8) is 0 Å². The molecule has 3 rings (SSSR count). The molecule has 0 heterocycles. The number of ether oxygens (including phenoxy) is 2. The molecular formula is C26H22BrN3O5. The number of aryl methyl sites for hydroxylation is 2. The molecule has 3 aromatic rings. The minimum absolute atomic E-state index is 0.00137. The van der Waals surface area contributed by atoms with Gasteiger partial charge in [-0.05, 0) is 82.9 Å². The van der Waals surface area contributed by atoms with Gasteiger partial charge in [0.25, 0.3) is 11.6 Å². The van der Waals surface area contributed by atoms with Crippen LogP contribution < -0.4 is 14.8 Å². The Labute approximate surface area is 211 Å². The van der Waals surface area contributed by atoms with Crippen LogP contribution in [0.15, 0.2) is 64.6 Å². The van der Waals surface area contributed by atoms with E-state index < -0.39 is 10.8 Å². The van der Waals surface area contributed by atoms with Gasteiger partial charge in [0.05, 0.1) is 16.5 Å². The van der Waals surface area contributed by atoms with Gasteiger partial charge in [-0.25, -0.2) is 0 Å². The summed E-state index contributed by atoms with van der Waals surface area (Å²) in [5.41, 5.74) is 3.83. The first-order chi connectivity index (χ1) is 16.7. The number of nitrogens with zero attached hydrogens (tertiary/aromatic N) is 2. The van der Waals surface area contributed by atoms with Crippen molar-refractivity contribution >= 4 is 39.3 Å². The Morgan fingerprint density at radius 3 is 2.49 bits per heavy atom. The minimum atomic E-state index is -0.520. The number of halogens is 1. The molecule has 3 aromatic carbocycles. The molecule has 0 aliphatic heterocycles. The van der Waals surface area contributed by atoms with Crippen molar-refractivity contribution in [2.45, 2.75) is 20.5 Å². The number of nitro benzene ring substituents is 1. The third kappa shape index (κ3) is 6.46. The van der Waals surface area contributed by atoms with E-state index >= 15 is 0 Å². The molecule has 0 radical (unpaired) electrons. The number of nitro groups is 1. The first kappa shape index (κ1) is 25.5. The topological polar surface area (TPSA) is 114 Å². The fraction of sp³-hybridized carbons (Fsp3) is 0.154. The molecule has 0 aliphatic rings. The lowest BCUT2D eigenvalue weighted by Gasteiger charge is -2.14. The van der Waals surface area contributed by atoms with Crippen LogP contribution in [-0.2, 0) is 11.4 Å². The standard InChI is InChI=1S/C26H22BrN3O5/c1-16-4-9-23(17(2)10-16)29-26(31)20(14-28)11-19-12-22(27)25(24(13-19)34-3)35-15-18-5-7-21(8-6-18)30(32)33/h4-13H,15H2,1-3H3,(H,29,31)/b20-11-. The number of non-ortho nitro benzene ring substituents is 1. The third-order valence-electron chi connectivity index (χ3n) is 5.09. The summed E-state index contributed by atoms with van der Waals surface area (Å²) < 4.78 is 11.9. The zero-order chi connectivity index (χ0) is 25.5. The predicted molar refractivity (Wildman–Crippen MR) is 136 cm³/mol. The molecule has 8 nitrogen and oxygen atoms in total. The van der Waals surface area contributed by atoms with Crippen molar-refractivity contribution in [3.8, 4) is 17.6 Å². The summed E-state index contributed by atoms with van der Waals surface area (Å²) in [4.78, 5) is 23.1. The Balaban J connectivity index is 1.80. The van der Waals surface area contributed by atoms with Gasteiger partial charge in [-0.3, -0.25) is 14.9 Å². The maximum atomic E-state index is 12.7. The average Bonchev–Trinajstić information content (AvgIpc) is 2.83. The monoisotopic (exact) mass is 535 g/mol. The molecule has 0 fully saturated rings. The van der Waals surface area contributed by atoms with E-state index in [0.717, 1.165) is 16.7 Å². The summed E-state index contributed by atoms with van der Waals surface area (Å²) in [6.07, 6.45) is 1.46. The second-order valence-electron chi connectivity index (χ2n) is 7.69. The van der Waals surface area contributed by atoms with Gasteiger partial charge in [-0.15, -0.1) is 0 Å². The molecule has 35 heavy (non-hydrogen) atoms. The Morgan fingerprint density at radius 1 is 1.17 bits per heavy atom. The van der Waals surface area contributed by atoms with Crippen molar-refractivity contribution < 1.29 is 19.2 Å². The zero-order valence-corrected chi connectivity index (χ0v) is 20.9. The van der Waals surface area contributed by atoms with E-state index in [1.165, 1.54) is 25.3 Å². The molecule has 0 aliphatic carbocycles. The third-order valence-corrected chi connectivity index (χ3v) is 5.68. The highest BCUT2D eigenvalue weighted by Crippen LogP contribution is 2.38. The molecule has 1 N–H and O–H groups in total. The molecule has 0 unspecified atom stereocenters. The van der Waals surface area contributed by atoms with E-state index in [1.807, 2.05) is 32.0 Å². The summed E-state index contributed by atoms with van der Waals surface area (Å²) in [6.45, 7) is 4.00. The number of nitriles is 1. The van der Waals surface area contributed by atoms with Crippen LogP contribution in [0.3, 0.4) is 0 Å². The number of hydrogen-bond acceptors (Lipinski definition) is 6. The van der Waals surface area contributed by atoms with Crippen LogP contribution in [0.2, 0.25) is 0 Å². The van der Waals surface area contributed by atoms with Crippen molar-refractivity contribution in [2.75, 3.05) is 12.4 Å². The van der Waals surface area contributed by atoms with Gasteiger partial charge in [0.2, 0.25) is 0 Å². The van der Waals surface area contributed by atoms with Crippen LogP contribution in [-0.4, -0.2) is 17.9 Å². The van der Waals surface area contributed by atoms with E-state index in [2.05, 4.69) is 21.2 Å². The van der Waals surface area contributed by atoms with Gasteiger partial charge in [-0.1, -0.05) is 17.7 Å². The van der Waals surface area contributed by atoms with Crippen LogP contribution in [0.25, 0.3) is 6.08 Å². The van der Waals surface area contributed by atoms with Gasteiger partial charge >= 0.3 is 0 Å². The highest BCUT2D eigenvalue weighted by molar-refractivity contribution is 9.10. The van der Waals surface area contributed by atoms with Gasteiger partial charge in [-0.2, -0.15) is 5.26 Å². The smallest absolute Gasteiger partial charge is 0.269 e. The van der Waals surface area contributed by atoms with Gasteiger partial charge in [0.1, 0.15) is 18.2 Å². The van der Waals surface area contributed by atoms with Gasteiger partial charge < -0.3 is 14.8 Å². The first-order valence-corrected chi connectivity index (χ1v) is 11.2. The van der Waals surface area contributed by atoms with Gasteiger partial charge in [0.15, 0.2) is 11.5 Å². The molecule has 0 saturated heterocycles. The molecule has 0 atom stereocenters. The number of amides is 1. The summed E-state index contributed by atoms with van der Waals surface area (Å²) in [5, 5.41) is 23.2. The second kappa shape index (κ2) is 11.3. The Bertz CT molecular complexity index is 1340. The van der Waals surface area contributed by atoms with Crippen LogP contribution in [0.4, 0.5) is 11.4 Å². The Kier molecular flexibility index (Phi) is 8.23. The zero-order valence-electron chi connectivity index (χ0n) is 19.3. The normalized spacial score (nSPS) is 10.9. The summed E-state index contributed by atoms with van der Waals surface area (Å²) in [5.74, 6) is 0.286. The summed E-state index contributed by atoms with van der Waals surface area (Å²) in [7, 11) is 1.48. The fourth-order valence-electron chi connectivity index (χ4n) is 3.29. The van der Waals surface area contributed by atoms with E-state index in [1.54, 1.807) is 30.3 Å². The molecule has 0 spiro atoms. The highest BCUT2D eigenvalue weighted by Gasteiger charge is 2.15. The van der Waals surface area contributed by atoms with Crippen molar-refractivity contribution in [1.29, 1.82) is 5.26 Å². The lowest BCUT2D eigenvalue weighted by Crippen LogP contribution is -2.14. The van der Waals surface area contributed by atoms with E-state index in [0.29, 0.717) is 27.2 Å². The summed E-state index contributed by atoms with van der Waals surface area (Å²) in [6, 6.07) is 17.0. The molecular weight excluding hydrogens is 514 g/mol. The largest absolute Gasteiger partial charge is 0.493 e. The second-order valence-corrected chi connectivity index (χ2v) is 8.54. The van der Waals surface area contributed by atoms with Crippen molar-refractivity contribution in [2.24, 2.45) is 0 Å². The number of carbonyl (C=O) groups excluding carboxylic acids is 1. The average molecular weight is 536 g/mol. The lowest BCUT2D eigenvalue weighted by atomic mass is 10.1. The maximum absolute atomic E-state index is 12.7. The van der Waals surface area contributed by atoms with Crippen molar-refractivity contribution in [1.82, 2.24) is 0 Å². The van der Waals surface area contributed by atoms with E-state index in [-0.39, 0.29) is 17.9 Å². The number of rotatable bonds is 8. The number of methoxy groups -OCH3 is 1. The maximum Gasteiger partial charge on any atom is 0.269 e. The fourth-order valence-corrected chi connectivity index (χ4v) is 3.87. The first-order valence-electron chi connectivity index (χ1n) is 10.5. The molecule has 178 valence electrons. The van der Waals surface area contributed by atoms with E-state index in [4.69, 9.17) is 9.47 Å². The highest BCUT2D eigenvalue weighted by atomic mass is 79.9. The van der Waals surface area contributed by atoms with Crippen LogP contribution in [0.1, 0.15) is 22.3 Å². The van der Waals surface area contributed by atoms with Crippen LogP contribution in [0.5, 0.6) is 11.5 Å². The van der Waals surface area contributed by atoms with E-state index in [9.17, 15) is 20.2 Å². The summed E-state index contributed by atoms with van der Waals surface area (Å²) >= 11 is 3.45. The van der Waals surface area contributed by atoms with Crippen LogP contribution >= 0.6 is 15.9 Å². The molecule has 0 aromatic heterocycles. The molecule has 0 bridgehead atoms. The quantitative estimate of drug-likeness (QED) is 0.161. The van der Waals surface area contributed by atoms with Crippen molar-refractivity contribution in [3.05, 3.63) is 97.0 Å². The Morgan fingerprint density at radius 2 is 1.89 bits per heavy atom. The molecule has 0 saturated carbocycles.